The molecule has 5 nitrogen and oxygen atoms in total. The molecule has 0 unspecified atom stereocenters. The molecule has 0 aromatic heterocycles. The number of guanidine groups is 1. The van der Waals surface area contributed by atoms with Crippen molar-refractivity contribution in [1.82, 2.24) is 10.6 Å². The van der Waals surface area contributed by atoms with Crippen molar-refractivity contribution in [3.8, 4) is 0 Å². The molecule has 0 saturated heterocycles. The highest BCUT2D eigenvalue weighted by molar-refractivity contribution is 7.90. The van der Waals surface area contributed by atoms with Gasteiger partial charge >= 0.3 is 0 Å². The molecular formula is C23H33N3O2S. The third kappa shape index (κ3) is 6.89. The molecule has 2 N–H and O–H groups in total. The summed E-state index contributed by atoms with van der Waals surface area (Å²) in [5, 5.41) is 6.61. The molecule has 158 valence electrons. The van der Waals surface area contributed by atoms with Crippen molar-refractivity contribution in [3.63, 3.8) is 0 Å². The zero-order chi connectivity index (χ0) is 21.7. The largest absolute Gasteiger partial charge is 0.357 e. The molecule has 0 spiro atoms. The van der Waals surface area contributed by atoms with Gasteiger partial charge in [-0.25, -0.2) is 13.4 Å². The summed E-state index contributed by atoms with van der Waals surface area (Å²) < 4.78 is 23.5. The molecule has 0 amide bonds. The first-order chi connectivity index (χ1) is 13.5. The molecule has 0 heterocycles. The van der Waals surface area contributed by atoms with Crippen molar-refractivity contribution in [2.24, 2.45) is 4.99 Å². The molecule has 2 rings (SSSR count). The van der Waals surface area contributed by atoms with Gasteiger partial charge in [0.05, 0.1) is 11.4 Å². The lowest BCUT2D eigenvalue weighted by Gasteiger charge is -2.19. The van der Waals surface area contributed by atoms with Crippen LogP contribution in [-0.2, 0) is 28.3 Å². The summed E-state index contributed by atoms with van der Waals surface area (Å²) in [5.74, 6) is 0.734. The number of aryl methyl sites for hydroxylation is 1. The van der Waals surface area contributed by atoms with Gasteiger partial charge in [-0.3, -0.25) is 0 Å². The van der Waals surface area contributed by atoms with Crippen molar-refractivity contribution in [3.05, 3.63) is 64.7 Å². The summed E-state index contributed by atoms with van der Waals surface area (Å²) in [5.41, 5.74) is 4.37. The minimum Gasteiger partial charge on any atom is -0.357 e. The fourth-order valence-electron chi connectivity index (χ4n) is 3.05. The summed E-state index contributed by atoms with van der Waals surface area (Å²) in [6.45, 7) is 12.4. The van der Waals surface area contributed by atoms with E-state index in [1.165, 1.54) is 17.4 Å². The first-order valence-corrected chi connectivity index (χ1v) is 11.8. The second kappa shape index (κ2) is 9.44. The van der Waals surface area contributed by atoms with Gasteiger partial charge in [0.15, 0.2) is 15.8 Å². The zero-order valence-electron chi connectivity index (χ0n) is 18.3. The average molecular weight is 416 g/mol. The lowest BCUT2D eigenvalue weighted by molar-refractivity contribution is 0.590. The zero-order valence-corrected chi connectivity index (χ0v) is 19.2. The molecular weight excluding hydrogens is 382 g/mol. The molecule has 0 aliphatic heterocycles. The first-order valence-electron chi connectivity index (χ1n) is 9.92. The molecule has 0 radical (unpaired) electrons. The number of nitrogens with one attached hydrogen (secondary N) is 2. The second-order valence-electron chi connectivity index (χ2n) is 8.37. The summed E-state index contributed by atoms with van der Waals surface area (Å²) in [7, 11) is -3.20. The topological polar surface area (TPSA) is 70.6 Å². The quantitative estimate of drug-likeness (QED) is 0.554. The number of aliphatic imine (C=N–C) groups is 1. The second-order valence-corrected chi connectivity index (χ2v) is 10.4. The molecule has 0 bridgehead atoms. The van der Waals surface area contributed by atoms with Crippen LogP contribution in [0, 0.1) is 6.92 Å². The van der Waals surface area contributed by atoms with Gasteiger partial charge in [0, 0.05) is 19.3 Å². The number of hydrogen-bond acceptors (Lipinski definition) is 3. The lowest BCUT2D eigenvalue weighted by atomic mass is 9.87. The van der Waals surface area contributed by atoms with Crippen LogP contribution in [0.4, 0.5) is 0 Å². The highest BCUT2D eigenvalue weighted by Gasteiger charge is 2.13. The van der Waals surface area contributed by atoms with E-state index in [0.29, 0.717) is 18.0 Å². The van der Waals surface area contributed by atoms with E-state index in [0.717, 1.165) is 23.6 Å². The van der Waals surface area contributed by atoms with Crippen LogP contribution in [0.1, 0.15) is 49.9 Å². The van der Waals surface area contributed by atoms with Gasteiger partial charge in [-0.15, -0.1) is 0 Å². The maximum absolute atomic E-state index is 11.8. The van der Waals surface area contributed by atoms with Gasteiger partial charge in [-0.05, 0) is 47.6 Å². The average Bonchev–Trinajstić information content (AvgIpc) is 2.62. The van der Waals surface area contributed by atoms with E-state index in [4.69, 9.17) is 0 Å². The highest BCUT2D eigenvalue weighted by Crippen LogP contribution is 2.22. The molecule has 0 fully saturated rings. The molecule has 29 heavy (non-hydrogen) atoms. The standard InChI is InChI=1S/C23H33N3O2S/c1-7-24-22(25-15-18-8-11-20(12-9-18)23(3,4)5)26-16-19-10-13-21(17(2)14-19)29(6,27)28/h8-14H,7,15-16H2,1-6H3,(H2,24,25,26). The van der Waals surface area contributed by atoms with Crippen LogP contribution in [-0.4, -0.2) is 27.2 Å². The van der Waals surface area contributed by atoms with E-state index in [-0.39, 0.29) is 5.41 Å². The first kappa shape index (κ1) is 22.9. The van der Waals surface area contributed by atoms with E-state index < -0.39 is 9.84 Å². The highest BCUT2D eigenvalue weighted by atomic mass is 32.2. The van der Waals surface area contributed by atoms with E-state index in [2.05, 4.69) is 60.7 Å². The van der Waals surface area contributed by atoms with Gasteiger partial charge in [-0.2, -0.15) is 0 Å². The number of benzene rings is 2. The van der Waals surface area contributed by atoms with Crippen LogP contribution in [0.15, 0.2) is 52.4 Å². The third-order valence-corrected chi connectivity index (χ3v) is 5.94. The van der Waals surface area contributed by atoms with Crippen molar-refractivity contribution < 1.29 is 8.42 Å². The Kier molecular flexibility index (Phi) is 7.47. The van der Waals surface area contributed by atoms with Crippen LogP contribution >= 0.6 is 0 Å². The molecule has 0 aliphatic rings. The number of nitrogens with zero attached hydrogens (tertiary/aromatic N) is 1. The monoisotopic (exact) mass is 415 g/mol. The number of hydrogen-bond donors (Lipinski definition) is 2. The van der Waals surface area contributed by atoms with Gasteiger partial charge in [0.25, 0.3) is 0 Å². The van der Waals surface area contributed by atoms with Gasteiger partial charge < -0.3 is 10.6 Å². The Morgan fingerprint density at radius 3 is 2.14 bits per heavy atom. The Labute approximate surface area is 175 Å². The van der Waals surface area contributed by atoms with Crippen molar-refractivity contribution in [2.75, 3.05) is 12.8 Å². The van der Waals surface area contributed by atoms with E-state index in [9.17, 15) is 8.42 Å². The lowest BCUT2D eigenvalue weighted by Crippen LogP contribution is -2.36. The van der Waals surface area contributed by atoms with Gasteiger partial charge in [0.1, 0.15) is 0 Å². The Hall–Kier alpha value is -2.34. The SMILES string of the molecule is CCNC(=NCc1ccc(S(C)(=O)=O)c(C)c1)NCc1ccc(C(C)(C)C)cc1. The smallest absolute Gasteiger partial charge is 0.191 e. The molecule has 6 heteroatoms. The van der Waals surface area contributed by atoms with Crippen LogP contribution < -0.4 is 10.6 Å². The number of sulfone groups is 1. The molecule has 0 aliphatic carbocycles. The summed E-state index contributed by atoms with van der Waals surface area (Å²) in [4.78, 5) is 5.00. The van der Waals surface area contributed by atoms with Crippen LogP contribution in [0.25, 0.3) is 0 Å². The van der Waals surface area contributed by atoms with Crippen LogP contribution in [0.5, 0.6) is 0 Å². The maximum atomic E-state index is 11.8. The van der Waals surface area contributed by atoms with E-state index in [1.54, 1.807) is 6.07 Å². The van der Waals surface area contributed by atoms with Crippen molar-refractivity contribution in [1.29, 1.82) is 0 Å². The summed E-state index contributed by atoms with van der Waals surface area (Å²) >= 11 is 0. The predicted molar refractivity (Wildman–Crippen MR) is 121 cm³/mol. The summed E-state index contributed by atoms with van der Waals surface area (Å²) in [6.07, 6.45) is 1.23. The molecule has 2 aromatic carbocycles. The number of rotatable bonds is 6. The molecule has 2 aromatic rings. The van der Waals surface area contributed by atoms with Gasteiger partial charge in [-0.1, -0.05) is 57.2 Å². The fourth-order valence-corrected chi connectivity index (χ4v) is 4.01. The van der Waals surface area contributed by atoms with Crippen molar-refractivity contribution >= 4 is 15.8 Å². The minimum absolute atomic E-state index is 0.146. The third-order valence-electron chi connectivity index (χ3n) is 4.68. The normalized spacial score (nSPS) is 12.7. The Bertz CT molecular complexity index is 957. The van der Waals surface area contributed by atoms with Crippen LogP contribution in [0.3, 0.4) is 0 Å². The van der Waals surface area contributed by atoms with Gasteiger partial charge in [0.2, 0.25) is 0 Å². The fraction of sp³-hybridized carbons (Fsp3) is 0.435. The Morgan fingerprint density at radius 1 is 1.00 bits per heavy atom. The summed E-state index contributed by atoms with van der Waals surface area (Å²) in [6, 6.07) is 14.0. The minimum atomic E-state index is -3.20. The Morgan fingerprint density at radius 2 is 1.62 bits per heavy atom. The Balaban J connectivity index is 2.05. The predicted octanol–water partition coefficient (Wildman–Crippen LogP) is 3.95. The molecule has 0 atom stereocenters. The molecule has 0 saturated carbocycles. The van der Waals surface area contributed by atoms with Crippen LogP contribution in [0.2, 0.25) is 0 Å². The van der Waals surface area contributed by atoms with E-state index >= 15 is 0 Å². The van der Waals surface area contributed by atoms with Crippen molar-refractivity contribution in [2.45, 2.75) is 58.0 Å². The maximum Gasteiger partial charge on any atom is 0.191 e. The van der Waals surface area contributed by atoms with E-state index in [1.807, 2.05) is 26.0 Å².